The maximum atomic E-state index is 14.1. The molecule has 1 saturated heterocycles. The standard InChI is InChI=1S/C28H26F2N4S/c1-33-14-15-34(17-21(33)12-8-18-6-9-19(29)10-7-18)27-26-22-4-2-3-5-25(22)35-28(26)32-24-16-20(30)11-13-23(24)31-27/h2-7,9-11,13,16,21,32H,8,12,14-15,17H2,1H3. The van der Waals surface area contributed by atoms with E-state index >= 15 is 0 Å². The number of benzene rings is 3. The van der Waals surface area contributed by atoms with E-state index in [1.54, 1.807) is 17.4 Å². The maximum absolute atomic E-state index is 14.1. The van der Waals surface area contributed by atoms with Gasteiger partial charge in [0.05, 0.1) is 16.9 Å². The van der Waals surface area contributed by atoms with Crippen molar-refractivity contribution in [3.8, 4) is 0 Å². The summed E-state index contributed by atoms with van der Waals surface area (Å²) >= 11 is 1.68. The molecule has 0 aliphatic carbocycles. The molecule has 3 aromatic carbocycles. The molecule has 0 saturated carbocycles. The van der Waals surface area contributed by atoms with Crippen LogP contribution in [0.4, 0.5) is 25.2 Å². The number of hydrogen-bond donors (Lipinski definition) is 1. The first-order chi connectivity index (χ1) is 17.0. The molecule has 2 aliphatic heterocycles. The highest BCUT2D eigenvalue weighted by Gasteiger charge is 2.31. The van der Waals surface area contributed by atoms with Gasteiger partial charge in [-0.1, -0.05) is 30.3 Å². The first-order valence-corrected chi connectivity index (χ1v) is 12.7. The van der Waals surface area contributed by atoms with Crippen LogP contribution in [-0.2, 0) is 6.42 Å². The molecule has 1 atom stereocenters. The zero-order valence-electron chi connectivity index (χ0n) is 19.5. The molecule has 1 N–H and O–H groups in total. The number of hydrogen-bond acceptors (Lipinski definition) is 5. The molecular formula is C28H26F2N4S. The summed E-state index contributed by atoms with van der Waals surface area (Å²) in [6.07, 6.45) is 1.87. The summed E-state index contributed by atoms with van der Waals surface area (Å²) in [6, 6.07) is 20.2. The lowest BCUT2D eigenvalue weighted by atomic mass is 10.0. The Hall–Kier alpha value is -3.29. The Balaban J connectivity index is 1.35. The average Bonchev–Trinajstić information content (AvgIpc) is 3.14. The van der Waals surface area contributed by atoms with Crippen LogP contribution >= 0.6 is 11.3 Å². The highest BCUT2D eigenvalue weighted by atomic mass is 32.1. The third-order valence-electron chi connectivity index (χ3n) is 7.01. The molecule has 0 amide bonds. The molecule has 4 nitrogen and oxygen atoms in total. The number of aliphatic imine (C=N–C) groups is 1. The van der Waals surface area contributed by atoms with Gasteiger partial charge in [-0.2, -0.15) is 0 Å². The summed E-state index contributed by atoms with van der Waals surface area (Å²) in [5.74, 6) is 0.460. The lowest BCUT2D eigenvalue weighted by Crippen LogP contribution is -2.53. The van der Waals surface area contributed by atoms with E-state index in [1.165, 1.54) is 29.0 Å². The van der Waals surface area contributed by atoms with Gasteiger partial charge in [0.2, 0.25) is 0 Å². The number of amidine groups is 1. The van der Waals surface area contributed by atoms with Crippen molar-refractivity contribution in [1.82, 2.24) is 9.80 Å². The quantitative estimate of drug-likeness (QED) is 0.354. The number of thiophene rings is 1. The zero-order valence-corrected chi connectivity index (χ0v) is 20.3. The van der Waals surface area contributed by atoms with Gasteiger partial charge in [-0.25, -0.2) is 13.8 Å². The van der Waals surface area contributed by atoms with E-state index in [0.29, 0.717) is 11.7 Å². The predicted molar refractivity (Wildman–Crippen MR) is 140 cm³/mol. The van der Waals surface area contributed by atoms with Crippen LogP contribution in [-0.4, -0.2) is 48.4 Å². The number of piperazine rings is 1. The Morgan fingerprint density at radius 2 is 1.80 bits per heavy atom. The van der Waals surface area contributed by atoms with Crippen molar-refractivity contribution in [3.63, 3.8) is 0 Å². The van der Waals surface area contributed by atoms with Gasteiger partial charge >= 0.3 is 0 Å². The number of likely N-dealkylation sites (N-methyl/N-ethyl adjacent to an activating group) is 1. The van der Waals surface area contributed by atoms with Crippen LogP contribution in [0.15, 0.2) is 71.7 Å². The summed E-state index contributed by atoms with van der Waals surface area (Å²) in [7, 11) is 2.17. The van der Waals surface area contributed by atoms with Crippen LogP contribution in [0.2, 0.25) is 0 Å². The fraction of sp³-hybridized carbons (Fsp3) is 0.250. The number of aryl methyl sites for hydroxylation is 1. The van der Waals surface area contributed by atoms with Crippen molar-refractivity contribution in [3.05, 3.63) is 89.5 Å². The third kappa shape index (κ3) is 4.30. The molecule has 178 valence electrons. The van der Waals surface area contributed by atoms with E-state index in [2.05, 4.69) is 40.4 Å². The van der Waals surface area contributed by atoms with Crippen molar-refractivity contribution < 1.29 is 8.78 Å². The molecule has 1 unspecified atom stereocenters. The number of fused-ring (bicyclic) bond motifs is 4. The minimum atomic E-state index is -0.280. The fourth-order valence-electron chi connectivity index (χ4n) is 5.02. The van der Waals surface area contributed by atoms with E-state index in [1.807, 2.05) is 18.2 Å². The molecule has 1 fully saturated rings. The van der Waals surface area contributed by atoms with Crippen molar-refractivity contribution in [2.75, 3.05) is 32.0 Å². The average molecular weight is 489 g/mol. The van der Waals surface area contributed by atoms with E-state index < -0.39 is 0 Å². The Morgan fingerprint density at radius 1 is 1.00 bits per heavy atom. The van der Waals surface area contributed by atoms with Crippen LogP contribution in [0, 0.1) is 11.6 Å². The summed E-state index contributed by atoms with van der Waals surface area (Å²) < 4.78 is 28.6. The molecule has 6 rings (SSSR count). The van der Waals surface area contributed by atoms with Gasteiger partial charge < -0.3 is 10.2 Å². The second-order valence-corrected chi connectivity index (χ2v) is 10.3. The van der Waals surface area contributed by atoms with Crippen molar-refractivity contribution in [2.45, 2.75) is 18.9 Å². The minimum Gasteiger partial charge on any atom is -0.353 e. The van der Waals surface area contributed by atoms with Gasteiger partial charge in [-0.15, -0.1) is 11.3 Å². The Bertz CT molecular complexity index is 1410. The maximum Gasteiger partial charge on any atom is 0.140 e. The summed E-state index contributed by atoms with van der Waals surface area (Å²) in [5.41, 5.74) is 3.67. The normalized spacial score (nSPS) is 18.0. The lowest BCUT2D eigenvalue weighted by molar-refractivity contribution is 0.134. The number of nitrogens with one attached hydrogen (secondary N) is 1. The first-order valence-electron chi connectivity index (χ1n) is 11.9. The number of halogens is 2. The SMILES string of the molecule is CN1CCN(C2=Nc3ccc(F)cc3Nc3sc4ccccc4c32)CC1CCc1ccc(F)cc1. The molecule has 35 heavy (non-hydrogen) atoms. The Kier molecular flexibility index (Phi) is 5.74. The van der Waals surface area contributed by atoms with Gasteiger partial charge in [0.25, 0.3) is 0 Å². The molecule has 7 heteroatoms. The van der Waals surface area contributed by atoms with Crippen molar-refractivity contribution >= 4 is 43.6 Å². The summed E-state index contributed by atoms with van der Waals surface area (Å²) in [6.45, 7) is 2.63. The first kappa shape index (κ1) is 22.2. The van der Waals surface area contributed by atoms with E-state index in [-0.39, 0.29) is 11.6 Å². The summed E-state index contributed by atoms with van der Waals surface area (Å²) in [5, 5.41) is 5.63. The third-order valence-corrected chi connectivity index (χ3v) is 8.09. The van der Waals surface area contributed by atoms with Crippen LogP contribution in [0.25, 0.3) is 10.1 Å². The molecular weight excluding hydrogens is 462 g/mol. The highest BCUT2D eigenvalue weighted by Crippen LogP contribution is 2.43. The Labute approximate surface area is 207 Å². The molecule has 0 radical (unpaired) electrons. The minimum absolute atomic E-state index is 0.200. The zero-order chi connectivity index (χ0) is 23.9. The van der Waals surface area contributed by atoms with Crippen molar-refractivity contribution in [1.29, 1.82) is 0 Å². The number of nitrogens with zero attached hydrogens (tertiary/aromatic N) is 3. The summed E-state index contributed by atoms with van der Waals surface area (Å²) in [4.78, 5) is 9.91. The van der Waals surface area contributed by atoms with Gasteiger partial charge in [-0.05, 0) is 61.9 Å². The largest absolute Gasteiger partial charge is 0.353 e. The van der Waals surface area contributed by atoms with Crippen LogP contribution in [0.5, 0.6) is 0 Å². The van der Waals surface area contributed by atoms with Gasteiger partial charge in [0.15, 0.2) is 0 Å². The van der Waals surface area contributed by atoms with Gasteiger partial charge in [0.1, 0.15) is 22.5 Å². The second kappa shape index (κ2) is 9.06. The van der Waals surface area contributed by atoms with Crippen LogP contribution in [0.1, 0.15) is 17.5 Å². The van der Waals surface area contributed by atoms with Crippen molar-refractivity contribution in [2.24, 2.45) is 4.99 Å². The molecule has 2 aliphatic rings. The molecule has 0 bridgehead atoms. The van der Waals surface area contributed by atoms with Gasteiger partial charge in [0, 0.05) is 35.8 Å². The lowest BCUT2D eigenvalue weighted by Gasteiger charge is -2.41. The highest BCUT2D eigenvalue weighted by molar-refractivity contribution is 7.23. The van der Waals surface area contributed by atoms with E-state index in [0.717, 1.165) is 65.5 Å². The second-order valence-electron chi connectivity index (χ2n) is 9.27. The molecule has 0 spiro atoms. The smallest absolute Gasteiger partial charge is 0.140 e. The molecule has 1 aromatic heterocycles. The predicted octanol–water partition coefficient (Wildman–Crippen LogP) is 6.56. The van der Waals surface area contributed by atoms with Crippen LogP contribution < -0.4 is 5.32 Å². The number of rotatable bonds is 3. The monoisotopic (exact) mass is 488 g/mol. The van der Waals surface area contributed by atoms with E-state index in [9.17, 15) is 8.78 Å². The van der Waals surface area contributed by atoms with Crippen LogP contribution in [0.3, 0.4) is 0 Å². The molecule has 3 heterocycles. The topological polar surface area (TPSA) is 30.9 Å². The molecule has 4 aromatic rings. The Morgan fingerprint density at radius 3 is 2.66 bits per heavy atom. The van der Waals surface area contributed by atoms with E-state index in [4.69, 9.17) is 4.99 Å². The number of anilines is 2. The van der Waals surface area contributed by atoms with Gasteiger partial charge in [-0.3, -0.25) is 4.90 Å². The fourth-order valence-corrected chi connectivity index (χ4v) is 6.13.